The Labute approximate surface area is 73.6 Å². The van der Waals surface area contributed by atoms with Crippen LogP contribution in [-0.2, 0) is 28.7 Å². The molecule has 0 aliphatic heterocycles. The van der Waals surface area contributed by atoms with E-state index < -0.39 is 26.1 Å². The van der Waals surface area contributed by atoms with Crippen molar-refractivity contribution in [2.75, 3.05) is 0 Å². The monoisotopic (exact) mass is 256 g/mol. The van der Waals surface area contributed by atoms with Crippen molar-refractivity contribution in [2.45, 2.75) is 0 Å². The van der Waals surface area contributed by atoms with Gasteiger partial charge in [-0.25, -0.2) is 29.3 Å². The maximum Gasteiger partial charge on any atom is 0.394 e. The lowest BCUT2D eigenvalue weighted by Crippen LogP contribution is -1.89. The number of nitrogens with two attached hydrogens (primary N) is 2. The molecule has 0 fully saturated rings. The molecule has 0 spiro atoms. The standard InChI is InChI=1S/2H2NO2P.H2O4S/c2*1-4(2)3;1-5(2,3)4/h2*(H2,1,2,3);(H2,1,2,3,4). The Morgan fingerprint density at radius 2 is 0.846 bits per heavy atom. The minimum absolute atomic E-state index is 2.62. The van der Waals surface area contributed by atoms with Gasteiger partial charge in [0.05, 0.1) is 0 Å². The van der Waals surface area contributed by atoms with Gasteiger partial charge in [0.2, 0.25) is 0 Å². The summed E-state index contributed by atoms with van der Waals surface area (Å²) in [6.45, 7) is 0. The summed E-state index contributed by atoms with van der Waals surface area (Å²) in [6.07, 6.45) is 0. The van der Waals surface area contributed by atoms with Gasteiger partial charge in [-0.05, 0) is 0 Å². The van der Waals surface area contributed by atoms with Gasteiger partial charge in [-0.2, -0.15) is 8.42 Å². The largest absolute Gasteiger partial charge is 0.394 e. The zero-order valence-corrected chi connectivity index (χ0v) is 8.41. The highest BCUT2D eigenvalue weighted by molar-refractivity contribution is 7.79. The molecule has 0 aromatic rings. The molecule has 6 N–H and O–H groups in total. The van der Waals surface area contributed by atoms with Crippen molar-refractivity contribution in [3.8, 4) is 0 Å². The van der Waals surface area contributed by atoms with E-state index in [1.165, 1.54) is 0 Å². The van der Waals surface area contributed by atoms with Crippen LogP contribution in [0, 0.1) is 0 Å². The Bertz CT molecular complexity index is 289. The molecule has 13 heavy (non-hydrogen) atoms. The van der Waals surface area contributed by atoms with E-state index in [-0.39, 0.29) is 0 Å². The molecule has 0 aliphatic carbocycles. The third kappa shape index (κ3) is 6340. The van der Waals surface area contributed by atoms with Crippen molar-refractivity contribution >= 4 is 26.1 Å². The molecule has 10 nitrogen and oxygen atoms in total. The Morgan fingerprint density at radius 3 is 0.846 bits per heavy atom. The van der Waals surface area contributed by atoms with Gasteiger partial charge in [0, 0.05) is 0 Å². The average Bonchev–Trinajstić information content (AvgIpc) is 1.50. The van der Waals surface area contributed by atoms with Gasteiger partial charge in [-0.1, -0.05) is 0 Å². The highest BCUT2D eigenvalue weighted by atomic mass is 32.3. The van der Waals surface area contributed by atoms with Crippen LogP contribution in [0.25, 0.3) is 0 Å². The second-order valence-corrected chi connectivity index (χ2v) is 3.06. The molecule has 0 atom stereocenters. The predicted molar refractivity (Wildman–Crippen MR) is 39.1 cm³/mol. The van der Waals surface area contributed by atoms with Crippen molar-refractivity contribution in [2.24, 2.45) is 11.0 Å². The molecule has 0 aromatic heterocycles. The molecule has 0 heterocycles. The lowest BCUT2D eigenvalue weighted by atomic mass is 13.9. The van der Waals surface area contributed by atoms with E-state index in [1.807, 2.05) is 0 Å². The first-order valence-electron chi connectivity index (χ1n) is 1.95. The second kappa shape index (κ2) is 9.68. The van der Waals surface area contributed by atoms with Gasteiger partial charge < -0.3 is 0 Å². The van der Waals surface area contributed by atoms with Crippen molar-refractivity contribution in [1.82, 2.24) is 0 Å². The van der Waals surface area contributed by atoms with Crippen LogP contribution in [0.2, 0.25) is 0 Å². The Morgan fingerprint density at radius 1 is 0.846 bits per heavy atom. The van der Waals surface area contributed by atoms with Crippen molar-refractivity contribution in [1.29, 1.82) is 0 Å². The molecule has 0 unspecified atom stereocenters. The topological polar surface area (TPSA) is 195 Å². The van der Waals surface area contributed by atoms with Crippen LogP contribution >= 0.6 is 15.7 Å². The van der Waals surface area contributed by atoms with Crippen LogP contribution in [0.15, 0.2) is 0 Å². The average molecular weight is 256 g/mol. The Balaban J connectivity index is -0.000000117. The predicted octanol–water partition coefficient (Wildman–Crippen LogP) is -0.587. The van der Waals surface area contributed by atoms with Crippen molar-refractivity contribution < 1.29 is 35.8 Å². The maximum absolute atomic E-state index is 8.81. The van der Waals surface area contributed by atoms with Gasteiger partial charge in [0.15, 0.2) is 0 Å². The van der Waals surface area contributed by atoms with Crippen LogP contribution in [-0.4, -0.2) is 17.5 Å². The van der Waals surface area contributed by atoms with E-state index in [0.717, 1.165) is 0 Å². The third-order valence-corrected chi connectivity index (χ3v) is 0. The molecule has 0 saturated carbocycles. The third-order valence-electron chi connectivity index (χ3n) is 0. The molecule has 0 saturated heterocycles. The number of hydrogen-bond acceptors (Lipinski definition) is 6. The first-order chi connectivity index (χ1) is 5.46. The molecule has 0 aromatic carbocycles. The SMILES string of the molecule is NP(=O)=O.NP(=O)=O.O=S(=O)(O)O. The lowest BCUT2D eigenvalue weighted by Gasteiger charge is -1.68. The van der Waals surface area contributed by atoms with E-state index in [1.54, 1.807) is 0 Å². The van der Waals surface area contributed by atoms with Gasteiger partial charge in [0.1, 0.15) is 0 Å². The van der Waals surface area contributed by atoms with Gasteiger partial charge in [0.25, 0.3) is 0 Å². The van der Waals surface area contributed by atoms with Crippen LogP contribution < -0.4 is 11.0 Å². The smallest absolute Gasteiger partial charge is 0.264 e. The van der Waals surface area contributed by atoms with E-state index in [0.29, 0.717) is 0 Å². The highest BCUT2D eigenvalue weighted by Gasteiger charge is 1.84. The maximum atomic E-state index is 8.81. The van der Waals surface area contributed by atoms with E-state index >= 15 is 0 Å². The summed E-state index contributed by atoms with van der Waals surface area (Å²) < 4.78 is 66.8. The molecule has 80 valence electrons. The molecule has 0 aliphatic rings. The lowest BCUT2D eigenvalue weighted by molar-refractivity contribution is 0.381. The van der Waals surface area contributed by atoms with Crippen molar-refractivity contribution in [3.63, 3.8) is 0 Å². The number of rotatable bonds is 0. The summed E-state index contributed by atoms with van der Waals surface area (Å²) in [5.41, 5.74) is 8.13. The molecular weight excluding hydrogens is 250 g/mol. The fourth-order valence-corrected chi connectivity index (χ4v) is 0. The first-order valence-corrected chi connectivity index (χ1v) is 5.84. The van der Waals surface area contributed by atoms with E-state index in [9.17, 15) is 0 Å². The summed E-state index contributed by atoms with van der Waals surface area (Å²) in [7, 11) is -9.91. The highest BCUT2D eigenvalue weighted by Crippen LogP contribution is 1.76. The zero-order chi connectivity index (χ0) is 11.7. The summed E-state index contributed by atoms with van der Waals surface area (Å²) >= 11 is 0. The van der Waals surface area contributed by atoms with Crippen LogP contribution in [0.1, 0.15) is 0 Å². The minimum Gasteiger partial charge on any atom is -0.264 e. The normalized spacial score (nSPS) is 8.31. The quantitative estimate of drug-likeness (QED) is 0.321. The molecule has 13 heteroatoms. The summed E-state index contributed by atoms with van der Waals surface area (Å²) in [4.78, 5) is 0. The van der Waals surface area contributed by atoms with Gasteiger partial charge in [-0.15, -0.1) is 0 Å². The van der Waals surface area contributed by atoms with Crippen molar-refractivity contribution in [3.05, 3.63) is 0 Å². The fourth-order valence-electron chi connectivity index (χ4n) is 0. The van der Waals surface area contributed by atoms with Crippen LogP contribution in [0.5, 0.6) is 0 Å². The van der Waals surface area contributed by atoms with Gasteiger partial charge in [-0.3, -0.25) is 9.11 Å². The van der Waals surface area contributed by atoms with Gasteiger partial charge >= 0.3 is 26.1 Å². The Hall–Kier alpha value is -0.410. The summed E-state index contributed by atoms with van der Waals surface area (Å²) in [5.74, 6) is 0. The minimum atomic E-state index is -4.67. The molecular formula is H6N2O8P2S. The van der Waals surface area contributed by atoms with E-state index in [2.05, 4.69) is 11.0 Å². The first kappa shape index (κ1) is 18.4. The van der Waals surface area contributed by atoms with Crippen LogP contribution in [0.4, 0.5) is 0 Å². The zero-order valence-electron chi connectivity index (χ0n) is 5.80. The van der Waals surface area contributed by atoms with Crippen LogP contribution in [0.3, 0.4) is 0 Å². The Kier molecular flexibility index (Phi) is 13.7. The molecule has 0 rings (SSSR count). The summed E-state index contributed by atoms with van der Waals surface area (Å²) in [5, 5.41) is 0. The molecule has 0 bridgehead atoms. The van der Waals surface area contributed by atoms with E-state index in [4.69, 9.17) is 35.8 Å². The number of hydrogen-bond donors (Lipinski definition) is 4. The molecule has 0 amide bonds. The fraction of sp³-hybridized carbons (Fsp3) is 0. The summed E-state index contributed by atoms with van der Waals surface area (Å²) in [6, 6.07) is 0. The molecule has 0 radical (unpaired) electrons. The second-order valence-electron chi connectivity index (χ2n) is 1.02.